The third-order valence-electron chi connectivity index (χ3n) is 5.45. The summed E-state index contributed by atoms with van der Waals surface area (Å²) in [5, 5.41) is 3.01. The lowest BCUT2D eigenvalue weighted by molar-refractivity contribution is -0.137. The van der Waals surface area contributed by atoms with Gasteiger partial charge in [0.15, 0.2) is 0 Å². The van der Waals surface area contributed by atoms with Gasteiger partial charge in [-0.3, -0.25) is 9.59 Å². The normalized spacial score (nSPS) is 15.3. The van der Waals surface area contributed by atoms with E-state index in [4.69, 9.17) is 0 Å². The van der Waals surface area contributed by atoms with Gasteiger partial charge in [0, 0.05) is 30.3 Å². The lowest BCUT2D eigenvalue weighted by Gasteiger charge is -2.31. The Bertz CT molecular complexity index is 899. The number of carbonyl (C=O) groups is 2. The van der Waals surface area contributed by atoms with Gasteiger partial charge >= 0.3 is 6.18 Å². The summed E-state index contributed by atoms with van der Waals surface area (Å²) in [4.78, 5) is 26.9. The standard InChI is InChI=1S/C23H25F3N2O2/c1-15(2)19-5-3-4-6-20(19)27-21(29)16-11-13-28(14-12-16)22(30)17-7-9-18(10-8-17)23(24,25)26/h3-10,15-16H,11-14H2,1-2H3,(H,27,29). The van der Waals surface area contributed by atoms with Gasteiger partial charge < -0.3 is 10.2 Å². The van der Waals surface area contributed by atoms with E-state index < -0.39 is 11.7 Å². The first-order valence-electron chi connectivity index (χ1n) is 10.0. The number of amides is 2. The molecule has 0 saturated carbocycles. The third kappa shape index (κ3) is 5.01. The number of carbonyl (C=O) groups excluding carboxylic acids is 2. The van der Waals surface area contributed by atoms with Crippen LogP contribution in [0.15, 0.2) is 48.5 Å². The lowest BCUT2D eigenvalue weighted by atomic mass is 9.94. The van der Waals surface area contributed by atoms with E-state index in [2.05, 4.69) is 19.2 Å². The van der Waals surface area contributed by atoms with E-state index in [9.17, 15) is 22.8 Å². The second-order valence-corrected chi connectivity index (χ2v) is 7.87. The molecule has 1 saturated heterocycles. The molecule has 1 aliphatic heterocycles. The molecule has 0 spiro atoms. The highest BCUT2D eigenvalue weighted by molar-refractivity contribution is 5.95. The monoisotopic (exact) mass is 418 g/mol. The molecule has 0 aromatic heterocycles. The van der Waals surface area contributed by atoms with Crippen LogP contribution >= 0.6 is 0 Å². The van der Waals surface area contributed by atoms with E-state index in [0.29, 0.717) is 25.9 Å². The van der Waals surface area contributed by atoms with Gasteiger partial charge in [-0.1, -0.05) is 32.0 Å². The molecule has 4 nitrogen and oxygen atoms in total. The van der Waals surface area contributed by atoms with Crippen LogP contribution in [-0.2, 0) is 11.0 Å². The SMILES string of the molecule is CC(C)c1ccccc1NC(=O)C1CCN(C(=O)c2ccc(C(F)(F)F)cc2)CC1. The molecule has 3 rings (SSSR count). The van der Waals surface area contributed by atoms with Crippen LogP contribution in [0.5, 0.6) is 0 Å². The average molecular weight is 418 g/mol. The van der Waals surface area contributed by atoms with Crippen molar-refractivity contribution in [1.29, 1.82) is 0 Å². The van der Waals surface area contributed by atoms with Gasteiger partial charge in [-0.15, -0.1) is 0 Å². The number of likely N-dealkylation sites (tertiary alicyclic amines) is 1. The zero-order valence-electron chi connectivity index (χ0n) is 17.0. The summed E-state index contributed by atoms with van der Waals surface area (Å²) in [6.45, 7) is 4.92. The molecule has 7 heteroatoms. The quantitative estimate of drug-likeness (QED) is 0.731. The summed E-state index contributed by atoms with van der Waals surface area (Å²) in [5.74, 6) is -0.302. The largest absolute Gasteiger partial charge is 0.416 e. The summed E-state index contributed by atoms with van der Waals surface area (Å²) >= 11 is 0. The number of para-hydroxylation sites is 1. The summed E-state index contributed by atoms with van der Waals surface area (Å²) in [6, 6.07) is 11.9. The van der Waals surface area contributed by atoms with Crippen molar-refractivity contribution in [3.8, 4) is 0 Å². The van der Waals surface area contributed by atoms with Crippen LogP contribution in [0.4, 0.5) is 18.9 Å². The average Bonchev–Trinajstić information content (AvgIpc) is 2.73. The zero-order valence-corrected chi connectivity index (χ0v) is 17.0. The number of benzene rings is 2. The van der Waals surface area contributed by atoms with E-state index in [0.717, 1.165) is 23.4 Å². The van der Waals surface area contributed by atoms with Crippen LogP contribution in [0.1, 0.15) is 54.1 Å². The number of nitrogens with one attached hydrogen (secondary N) is 1. The molecule has 160 valence electrons. The van der Waals surface area contributed by atoms with Crippen molar-refractivity contribution in [2.75, 3.05) is 18.4 Å². The van der Waals surface area contributed by atoms with Gasteiger partial charge in [-0.05, 0) is 54.7 Å². The molecular weight excluding hydrogens is 393 g/mol. The Labute approximate surface area is 174 Å². The van der Waals surface area contributed by atoms with Crippen molar-refractivity contribution >= 4 is 17.5 Å². The van der Waals surface area contributed by atoms with Crippen molar-refractivity contribution in [3.05, 3.63) is 65.2 Å². The van der Waals surface area contributed by atoms with E-state index in [1.165, 1.54) is 12.1 Å². The van der Waals surface area contributed by atoms with Crippen LogP contribution in [0.25, 0.3) is 0 Å². The maximum Gasteiger partial charge on any atom is 0.416 e. The Kier molecular flexibility index (Phi) is 6.48. The molecule has 1 fully saturated rings. The Morgan fingerprint density at radius 2 is 1.60 bits per heavy atom. The van der Waals surface area contributed by atoms with Crippen molar-refractivity contribution in [3.63, 3.8) is 0 Å². The number of hydrogen-bond acceptors (Lipinski definition) is 2. The van der Waals surface area contributed by atoms with E-state index >= 15 is 0 Å². The van der Waals surface area contributed by atoms with Crippen molar-refractivity contribution in [1.82, 2.24) is 4.90 Å². The smallest absolute Gasteiger partial charge is 0.339 e. The summed E-state index contributed by atoms with van der Waals surface area (Å²) in [7, 11) is 0. The minimum absolute atomic E-state index is 0.0651. The topological polar surface area (TPSA) is 49.4 Å². The van der Waals surface area contributed by atoms with E-state index in [1.807, 2.05) is 24.3 Å². The first-order chi connectivity index (χ1) is 14.2. The molecule has 0 radical (unpaired) electrons. The van der Waals surface area contributed by atoms with E-state index in [1.54, 1.807) is 4.90 Å². The zero-order chi connectivity index (χ0) is 21.9. The molecule has 1 N–H and O–H groups in total. The van der Waals surface area contributed by atoms with Crippen LogP contribution in [-0.4, -0.2) is 29.8 Å². The Morgan fingerprint density at radius 3 is 2.17 bits per heavy atom. The molecule has 1 heterocycles. The highest BCUT2D eigenvalue weighted by Gasteiger charge is 2.31. The fraction of sp³-hybridized carbons (Fsp3) is 0.391. The first-order valence-corrected chi connectivity index (χ1v) is 10.0. The maximum atomic E-state index is 12.7. The predicted octanol–water partition coefficient (Wildman–Crippen LogP) is 5.32. The highest BCUT2D eigenvalue weighted by atomic mass is 19.4. The van der Waals surface area contributed by atoms with Gasteiger partial charge in [-0.2, -0.15) is 13.2 Å². The highest BCUT2D eigenvalue weighted by Crippen LogP contribution is 2.30. The number of piperidine rings is 1. The first kappa shape index (κ1) is 21.9. The second-order valence-electron chi connectivity index (χ2n) is 7.87. The van der Waals surface area contributed by atoms with Gasteiger partial charge in [0.1, 0.15) is 0 Å². The summed E-state index contributed by atoms with van der Waals surface area (Å²) < 4.78 is 38.1. The fourth-order valence-corrected chi connectivity index (χ4v) is 3.68. The number of anilines is 1. The molecule has 0 unspecified atom stereocenters. The van der Waals surface area contributed by atoms with Crippen molar-refractivity contribution in [2.24, 2.45) is 5.92 Å². The molecule has 2 aromatic rings. The number of alkyl halides is 3. The molecular formula is C23H25F3N2O2. The second kappa shape index (κ2) is 8.90. The molecule has 2 amide bonds. The number of rotatable bonds is 4. The molecule has 30 heavy (non-hydrogen) atoms. The van der Waals surface area contributed by atoms with Crippen molar-refractivity contribution < 1.29 is 22.8 Å². The van der Waals surface area contributed by atoms with Crippen LogP contribution < -0.4 is 5.32 Å². The molecule has 0 bridgehead atoms. The fourth-order valence-electron chi connectivity index (χ4n) is 3.68. The van der Waals surface area contributed by atoms with Gasteiger partial charge in [0.25, 0.3) is 5.91 Å². The summed E-state index contributed by atoms with van der Waals surface area (Å²) in [5.41, 5.74) is 1.31. The van der Waals surface area contributed by atoms with Crippen LogP contribution in [0, 0.1) is 5.92 Å². The number of nitrogens with zero attached hydrogens (tertiary/aromatic N) is 1. The Morgan fingerprint density at radius 1 is 1.00 bits per heavy atom. The number of halogens is 3. The Balaban J connectivity index is 1.58. The predicted molar refractivity (Wildman–Crippen MR) is 109 cm³/mol. The molecule has 2 aromatic carbocycles. The van der Waals surface area contributed by atoms with Gasteiger partial charge in [0.05, 0.1) is 5.56 Å². The number of hydrogen-bond donors (Lipinski definition) is 1. The Hall–Kier alpha value is -2.83. The lowest BCUT2D eigenvalue weighted by Crippen LogP contribution is -2.41. The minimum atomic E-state index is -4.43. The molecule has 0 aliphatic carbocycles. The van der Waals surface area contributed by atoms with Crippen LogP contribution in [0.2, 0.25) is 0 Å². The third-order valence-corrected chi connectivity index (χ3v) is 5.45. The summed E-state index contributed by atoms with van der Waals surface area (Å²) in [6.07, 6.45) is -3.40. The maximum absolute atomic E-state index is 12.7. The van der Waals surface area contributed by atoms with Gasteiger partial charge in [0.2, 0.25) is 5.91 Å². The van der Waals surface area contributed by atoms with Gasteiger partial charge in [-0.25, -0.2) is 0 Å². The van der Waals surface area contributed by atoms with Crippen LogP contribution in [0.3, 0.4) is 0 Å². The molecule has 0 atom stereocenters. The molecule has 1 aliphatic rings. The van der Waals surface area contributed by atoms with Crippen molar-refractivity contribution in [2.45, 2.75) is 38.8 Å². The van der Waals surface area contributed by atoms with E-state index in [-0.39, 0.29) is 29.2 Å². The minimum Gasteiger partial charge on any atom is -0.339 e.